The highest BCUT2D eigenvalue weighted by Gasteiger charge is 2.02. The second-order valence-corrected chi connectivity index (χ2v) is 3.81. The van der Waals surface area contributed by atoms with E-state index >= 15 is 0 Å². The molecule has 0 amide bonds. The first kappa shape index (κ1) is 11.9. The van der Waals surface area contributed by atoms with Gasteiger partial charge in [-0.05, 0) is 19.3 Å². The highest BCUT2D eigenvalue weighted by atomic mass is 16.3. The maximum absolute atomic E-state index is 8.90. The standard InChI is InChI=1S/C11H19N3O/c1-4-10-5-11(14-9(3)13-10)12-6-8(2)7-15/h5,8,15H,4,6-7H2,1-3H3,(H,12,13,14). The van der Waals surface area contributed by atoms with Crippen molar-refractivity contribution in [1.29, 1.82) is 0 Å². The molecule has 4 nitrogen and oxygen atoms in total. The molecular formula is C11H19N3O. The SMILES string of the molecule is CCc1cc(NCC(C)CO)nc(C)n1. The van der Waals surface area contributed by atoms with Crippen LogP contribution in [-0.4, -0.2) is 28.2 Å². The van der Waals surface area contributed by atoms with Gasteiger partial charge >= 0.3 is 0 Å². The molecule has 0 aromatic carbocycles. The molecule has 1 rings (SSSR count). The first-order valence-corrected chi connectivity index (χ1v) is 5.35. The topological polar surface area (TPSA) is 58.0 Å². The van der Waals surface area contributed by atoms with Crippen molar-refractivity contribution in [1.82, 2.24) is 9.97 Å². The van der Waals surface area contributed by atoms with Crippen LogP contribution in [0, 0.1) is 12.8 Å². The number of rotatable bonds is 5. The van der Waals surface area contributed by atoms with Gasteiger partial charge in [-0.25, -0.2) is 9.97 Å². The third kappa shape index (κ3) is 3.83. The largest absolute Gasteiger partial charge is 0.396 e. The third-order valence-electron chi connectivity index (χ3n) is 2.20. The lowest BCUT2D eigenvalue weighted by Crippen LogP contribution is -2.15. The Morgan fingerprint density at radius 1 is 1.47 bits per heavy atom. The van der Waals surface area contributed by atoms with Crippen LogP contribution < -0.4 is 5.32 Å². The van der Waals surface area contributed by atoms with Gasteiger partial charge in [0.05, 0.1) is 0 Å². The van der Waals surface area contributed by atoms with Gasteiger partial charge in [0.25, 0.3) is 0 Å². The fraction of sp³-hybridized carbons (Fsp3) is 0.636. The van der Waals surface area contributed by atoms with Gasteiger partial charge in [0.1, 0.15) is 11.6 Å². The zero-order chi connectivity index (χ0) is 11.3. The van der Waals surface area contributed by atoms with Gasteiger partial charge in [-0.2, -0.15) is 0 Å². The molecule has 0 spiro atoms. The second-order valence-electron chi connectivity index (χ2n) is 3.81. The molecule has 2 N–H and O–H groups in total. The Hall–Kier alpha value is -1.16. The summed E-state index contributed by atoms with van der Waals surface area (Å²) < 4.78 is 0. The van der Waals surface area contributed by atoms with E-state index < -0.39 is 0 Å². The van der Waals surface area contributed by atoms with E-state index in [4.69, 9.17) is 5.11 Å². The minimum absolute atomic E-state index is 0.192. The summed E-state index contributed by atoms with van der Waals surface area (Å²) in [5.74, 6) is 1.87. The molecule has 0 aliphatic heterocycles. The number of aryl methyl sites for hydroxylation is 2. The van der Waals surface area contributed by atoms with Crippen molar-refractivity contribution in [2.75, 3.05) is 18.5 Å². The quantitative estimate of drug-likeness (QED) is 0.769. The maximum Gasteiger partial charge on any atom is 0.129 e. The molecular weight excluding hydrogens is 190 g/mol. The number of anilines is 1. The van der Waals surface area contributed by atoms with Crippen molar-refractivity contribution >= 4 is 5.82 Å². The van der Waals surface area contributed by atoms with Crippen LogP contribution in [0.2, 0.25) is 0 Å². The van der Waals surface area contributed by atoms with Gasteiger partial charge in [0.2, 0.25) is 0 Å². The van der Waals surface area contributed by atoms with Crippen molar-refractivity contribution < 1.29 is 5.11 Å². The van der Waals surface area contributed by atoms with Crippen LogP contribution in [0.15, 0.2) is 6.07 Å². The summed E-state index contributed by atoms with van der Waals surface area (Å²) in [7, 11) is 0. The van der Waals surface area contributed by atoms with Gasteiger partial charge in [-0.1, -0.05) is 13.8 Å². The molecule has 0 radical (unpaired) electrons. The van der Waals surface area contributed by atoms with Crippen LogP contribution in [0.1, 0.15) is 25.4 Å². The minimum Gasteiger partial charge on any atom is -0.396 e. The van der Waals surface area contributed by atoms with Crippen LogP contribution in [0.25, 0.3) is 0 Å². The number of hydrogen-bond donors (Lipinski definition) is 2. The van der Waals surface area contributed by atoms with E-state index in [1.165, 1.54) is 0 Å². The molecule has 15 heavy (non-hydrogen) atoms. The van der Waals surface area contributed by atoms with Crippen molar-refractivity contribution in [3.05, 3.63) is 17.6 Å². The van der Waals surface area contributed by atoms with Gasteiger partial charge in [-0.3, -0.25) is 0 Å². The van der Waals surface area contributed by atoms with Crippen molar-refractivity contribution in [3.8, 4) is 0 Å². The van der Waals surface area contributed by atoms with E-state index in [1.54, 1.807) is 0 Å². The Balaban J connectivity index is 2.64. The van der Waals surface area contributed by atoms with Gasteiger partial charge in [0, 0.05) is 24.9 Å². The molecule has 1 aromatic rings. The normalized spacial score (nSPS) is 12.5. The molecule has 0 saturated heterocycles. The third-order valence-corrected chi connectivity index (χ3v) is 2.20. The summed E-state index contributed by atoms with van der Waals surface area (Å²) in [6.07, 6.45) is 0.910. The fourth-order valence-electron chi connectivity index (χ4n) is 1.24. The highest BCUT2D eigenvalue weighted by Crippen LogP contribution is 2.07. The zero-order valence-electron chi connectivity index (χ0n) is 9.62. The van der Waals surface area contributed by atoms with E-state index in [-0.39, 0.29) is 12.5 Å². The Kier molecular flexibility index (Phi) is 4.49. The Labute approximate surface area is 90.8 Å². The van der Waals surface area contributed by atoms with E-state index in [0.717, 1.165) is 30.3 Å². The highest BCUT2D eigenvalue weighted by molar-refractivity contribution is 5.36. The summed E-state index contributed by atoms with van der Waals surface area (Å²) in [5, 5.41) is 12.1. The van der Waals surface area contributed by atoms with Crippen molar-refractivity contribution in [3.63, 3.8) is 0 Å². The molecule has 0 fully saturated rings. The Morgan fingerprint density at radius 3 is 2.80 bits per heavy atom. The molecule has 1 heterocycles. The zero-order valence-corrected chi connectivity index (χ0v) is 9.62. The van der Waals surface area contributed by atoms with Gasteiger partial charge in [-0.15, -0.1) is 0 Å². The molecule has 0 aliphatic carbocycles. The molecule has 84 valence electrons. The van der Waals surface area contributed by atoms with E-state index in [9.17, 15) is 0 Å². The van der Waals surface area contributed by atoms with E-state index in [2.05, 4.69) is 22.2 Å². The Morgan fingerprint density at radius 2 is 2.20 bits per heavy atom. The molecule has 4 heteroatoms. The van der Waals surface area contributed by atoms with Crippen LogP contribution in [0.3, 0.4) is 0 Å². The van der Waals surface area contributed by atoms with Gasteiger partial charge < -0.3 is 10.4 Å². The predicted octanol–water partition coefficient (Wildman–Crippen LogP) is 1.39. The summed E-state index contributed by atoms with van der Waals surface area (Å²) in [6, 6.07) is 1.96. The van der Waals surface area contributed by atoms with Crippen LogP contribution >= 0.6 is 0 Å². The number of hydrogen-bond acceptors (Lipinski definition) is 4. The summed E-state index contributed by atoms with van der Waals surface area (Å²) in [5.41, 5.74) is 1.04. The van der Waals surface area contributed by atoms with Crippen molar-refractivity contribution in [2.24, 2.45) is 5.92 Å². The number of aliphatic hydroxyl groups is 1. The lowest BCUT2D eigenvalue weighted by Gasteiger charge is -2.11. The molecule has 0 saturated carbocycles. The summed E-state index contributed by atoms with van der Waals surface area (Å²) in [6.45, 7) is 6.87. The monoisotopic (exact) mass is 209 g/mol. The van der Waals surface area contributed by atoms with E-state index in [0.29, 0.717) is 0 Å². The lowest BCUT2D eigenvalue weighted by molar-refractivity contribution is 0.244. The fourth-order valence-corrected chi connectivity index (χ4v) is 1.24. The number of aliphatic hydroxyl groups excluding tert-OH is 1. The average Bonchev–Trinajstić information content (AvgIpc) is 2.25. The van der Waals surface area contributed by atoms with Crippen LogP contribution in [0.4, 0.5) is 5.82 Å². The second kappa shape index (κ2) is 5.66. The molecule has 0 aliphatic rings. The smallest absolute Gasteiger partial charge is 0.129 e. The lowest BCUT2D eigenvalue weighted by atomic mass is 10.2. The Bertz CT molecular complexity index is 315. The molecule has 1 unspecified atom stereocenters. The van der Waals surface area contributed by atoms with Crippen molar-refractivity contribution in [2.45, 2.75) is 27.2 Å². The number of aromatic nitrogens is 2. The van der Waals surface area contributed by atoms with E-state index in [1.807, 2.05) is 19.9 Å². The number of nitrogens with zero attached hydrogens (tertiary/aromatic N) is 2. The molecule has 1 aromatic heterocycles. The van der Waals surface area contributed by atoms with Crippen LogP contribution in [-0.2, 0) is 6.42 Å². The number of nitrogens with one attached hydrogen (secondary N) is 1. The van der Waals surface area contributed by atoms with Gasteiger partial charge in [0.15, 0.2) is 0 Å². The first-order valence-electron chi connectivity index (χ1n) is 5.35. The molecule has 0 bridgehead atoms. The summed E-state index contributed by atoms with van der Waals surface area (Å²) in [4.78, 5) is 8.58. The van der Waals surface area contributed by atoms with Crippen LogP contribution in [0.5, 0.6) is 0 Å². The predicted molar refractivity (Wildman–Crippen MR) is 60.9 cm³/mol. The summed E-state index contributed by atoms with van der Waals surface area (Å²) >= 11 is 0. The average molecular weight is 209 g/mol. The maximum atomic E-state index is 8.90. The molecule has 1 atom stereocenters. The first-order chi connectivity index (χ1) is 7.15. The minimum atomic E-state index is 0.192.